The van der Waals surface area contributed by atoms with Crippen molar-refractivity contribution in [1.82, 2.24) is 14.5 Å². The monoisotopic (exact) mass is 339 g/mol. The Hall–Kier alpha value is -1.93. The van der Waals surface area contributed by atoms with Crippen molar-refractivity contribution in [2.45, 2.75) is 13.0 Å². The van der Waals surface area contributed by atoms with Gasteiger partial charge in [-0.05, 0) is 5.56 Å². The summed E-state index contributed by atoms with van der Waals surface area (Å²) in [6.45, 7) is 2.43. The number of carbonyl (C=O) groups excluding carboxylic acids is 2. The van der Waals surface area contributed by atoms with Crippen molar-refractivity contribution in [2.75, 3.05) is 32.4 Å². The summed E-state index contributed by atoms with van der Waals surface area (Å²) in [5, 5.41) is 0. The van der Waals surface area contributed by atoms with Gasteiger partial charge in [0.05, 0.1) is 18.8 Å². The molecule has 1 N–H and O–H groups in total. The lowest BCUT2D eigenvalue weighted by atomic mass is 10.0. The molecule has 7 nitrogen and oxygen atoms in total. The van der Waals surface area contributed by atoms with Gasteiger partial charge in [0.1, 0.15) is 0 Å². The summed E-state index contributed by atoms with van der Waals surface area (Å²) in [7, 11) is -3.41. The lowest BCUT2D eigenvalue weighted by Gasteiger charge is -2.41. The molecule has 1 saturated heterocycles. The van der Waals surface area contributed by atoms with E-state index in [-0.39, 0.29) is 24.4 Å². The highest BCUT2D eigenvalue weighted by molar-refractivity contribution is 7.88. The van der Waals surface area contributed by atoms with Crippen molar-refractivity contribution in [1.29, 1.82) is 0 Å². The van der Waals surface area contributed by atoms with E-state index < -0.39 is 10.0 Å². The molecule has 1 unspecified atom stereocenters. The quantitative estimate of drug-likeness (QED) is 0.834. The van der Waals surface area contributed by atoms with Crippen LogP contribution in [-0.2, 0) is 19.6 Å². The molecule has 8 heteroatoms. The summed E-state index contributed by atoms with van der Waals surface area (Å²) >= 11 is 0. The SMILES string of the molecule is CC(=O)N1CCN(C(=O)CNS(C)(=O)=O)CC1c1ccccc1. The van der Waals surface area contributed by atoms with Gasteiger partial charge >= 0.3 is 0 Å². The molecule has 1 aromatic carbocycles. The summed E-state index contributed by atoms with van der Waals surface area (Å²) in [5.41, 5.74) is 0.955. The minimum Gasteiger partial charge on any atom is -0.337 e. The first-order chi connectivity index (χ1) is 10.8. The van der Waals surface area contributed by atoms with Gasteiger partial charge in [-0.2, -0.15) is 0 Å². The summed E-state index contributed by atoms with van der Waals surface area (Å²) in [4.78, 5) is 27.4. The van der Waals surface area contributed by atoms with Gasteiger partial charge in [-0.15, -0.1) is 0 Å². The van der Waals surface area contributed by atoms with E-state index in [4.69, 9.17) is 0 Å². The minimum atomic E-state index is -3.41. The van der Waals surface area contributed by atoms with Gasteiger partial charge in [0.25, 0.3) is 0 Å². The Bertz CT molecular complexity index is 675. The number of nitrogens with zero attached hydrogens (tertiary/aromatic N) is 2. The maximum absolute atomic E-state index is 12.2. The Balaban J connectivity index is 2.12. The van der Waals surface area contributed by atoms with Crippen LogP contribution in [0.4, 0.5) is 0 Å². The normalized spacial score (nSPS) is 18.8. The molecule has 1 aromatic rings. The molecule has 1 atom stereocenters. The average molecular weight is 339 g/mol. The van der Waals surface area contributed by atoms with Gasteiger partial charge in [-0.3, -0.25) is 9.59 Å². The molecule has 0 radical (unpaired) electrons. The topological polar surface area (TPSA) is 86.8 Å². The van der Waals surface area contributed by atoms with Gasteiger partial charge in [0, 0.05) is 26.6 Å². The lowest BCUT2D eigenvalue weighted by Crippen LogP contribution is -2.53. The number of rotatable bonds is 4. The average Bonchev–Trinajstić information content (AvgIpc) is 2.52. The van der Waals surface area contributed by atoms with Crippen LogP contribution in [0.5, 0.6) is 0 Å². The zero-order valence-corrected chi connectivity index (χ0v) is 14.0. The summed E-state index contributed by atoms with van der Waals surface area (Å²) in [6, 6.07) is 9.29. The number of carbonyl (C=O) groups is 2. The summed E-state index contributed by atoms with van der Waals surface area (Å²) in [6.07, 6.45) is 1.01. The number of sulfonamides is 1. The van der Waals surface area contributed by atoms with Gasteiger partial charge in [0.2, 0.25) is 21.8 Å². The second kappa shape index (κ2) is 7.10. The third kappa shape index (κ3) is 4.77. The highest BCUT2D eigenvalue weighted by Gasteiger charge is 2.31. The number of nitrogens with one attached hydrogen (secondary N) is 1. The highest BCUT2D eigenvalue weighted by atomic mass is 32.2. The van der Waals surface area contributed by atoms with Gasteiger partial charge in [-0.25, -0.2) is 13.1 Å². The largest absolute Gasteiger partial charge is 0.337 e. The van der Waals surface area contributed by atoms with Crippen LogP contribution in [0.3, 0.4) is 0 Å². The molecule has 0 aromatic heterocycles. The lowest BCUT2D eigenvalue weighted by molar-refractivity contribution is -0.141. The first-order valence-electron chi connectivity index (χ1n) is 7.32. The zero-order chi connectivity index (χ0) is 17.0. The predicted octanol–water partition coefficient (Wildman–Crippen LogP) is -0.0324. The molecular weight excluding hydrogens is 318 g/mol. The fraction of sp³-hybridized carbons (Fsp3) is 0.467. The molecule has 2 rings (SSSR count). The van der Waals surface area contributed by atoms with Gasteiger partial charge < -0.3 is 9.80 Å². The number of hydrogen-bond donors (Lipinski definition) is 1. The van der Waals surface area contributed by atoms with Crippen molar-refractivity contribution >= 4 is 21.8 Å². The van der Waals surface area contributed by atoms with Crippen LogP contribution < -0.4 is 4.72 Å². The Morgan fingerprint density at radius 1 is 1.22 bits per heavy atom. The number of amides is 2. The summed E-state index contributed by atoms with van der Waals surface area (Å²) in [5.74, 6) is -0.334. The van der Waals surface area contributed by atoms with E-state index in [2.05, 4.69) is 4.72 Å². The molecular formula is C15H21N3O4S. The molecule has 1 aliphatic rings. The molecule has 1 aliphatic heterocycles. The van der Waals surface area contributed by atoms with Gasteiger partial charge in [0.15, 0.2) is 0 Å². The molecule has 2 amide bonds. The second-order valence-corrected chi connectivity index (χ2v) is 7.40. The van der Waals surface area contributed by atoms with Crippen LogP contribution in [0.1, 0.15) is 18.5 Å². The maximum atomic E-state index is 12.2. The molecule has 0 spiro atoms. The maximum Gasteiger partial charge on any atom is 0.237 e. The van der Waals surface area contributed by atoms with Crippen molar-refractivity contribution in [3.63, 3.8) is 0 Å². The third-order valence-corrected chi connectivity index (χ3v) is 4.48. The van der Waals surface area contributed by atoms with Crippen LogP contribution in [0.15, 0.2) is 30.3 Å². The van der Waals surface area contributed by atoms with E-state index in [0.717, 1.165) is 11.8 Å². The molecule has 126 valence electrons. The van der Waals surface area contributed by atoms with E-state index in [9.17, 15) is 18.0 Å². The van der Waals surface area contributed by atoms with Crippen LogP contribution in [0, 0.1) is 0 Å². The van der Waals surface area contributed by atoms with E-state index in [0.29, 0.717) is 19.6 Å². The first kappa shape index (κ1) is 17.4. The number of benzene rings is 1. The Morgan fingerprint density at radius 3 is 2.43 bits per heavy atom. The van der Waals surface area contributed by atoms with Crippen LogP contribution in [0.2, 0.25) is 0 Å². The van der Waals surface area contributed by atoms with Crippen molar-refractivity contribution in [2.24, 2.45) is 0 Å². The Kier molecular flexibility index (Phi) is 5.38. The first-order valence-corrected chi connectivity index (χ1v) is 9.21. The molecule has 1 heterocycles. The second-order valence-electron chi connectivity index (χ2n) is 5.57. The fourth-order valence-corrected chi connectivity index (χ4v) is 3.04. The number of hydrogen-bond acceptors (Lipinski definition) is 4. The zero-order valence-electron chi connectivity index (χ0n) is 13.2. The smallest absolute Gasteiger partial charge is 0.237 e. The van der Waals surface area contributed by atoms with Gasteiger partial charge in [-0.1, -0.05) is 30.3 Å². The van der Waals surface area contributed by atoms with E-state index in [1.807, 2.05) is 30.3 Å². The van der Waals surface area contributed by atoms with Crippen molar-refractivity contribution < 1.29 is 18.0 Å². The standard InChI is InChI=1S/C15H21N3O4S/c1-12(19)18-9-8-17(15(20)10-16-23(2,21)22)11-14(18)13-6-4-3-5-7-13/h3-7,14,16H,8-11H2,1-2H3. The molecule has 1 fully saturated rings. The number of piperazine rings is 1. The molecule has 0 bridgehead atoms. The Morgan fingerprint density at radius 2 is 1.87 bits per heavy atom. The predicted molar refractivity (Wildman–Crippen MR) is 86.0 cm³/mol. The molecule has 0 aliphatic carbocycles. The Labute approximate surface area is 136 Å². The van der Waals surface area contributed by atoms with Crippen molar-refractivity contribution in [3.05, 3.63) is 35.9 Å². The van der Waals surface area contributed by atoms with E-state index in [1.165, 1.54) is 6.92 Å². The van der Waals surface area contributed by atoms with E-state index >= 15 is 0 Å². The third-order valence-electron chi connectivity index (χ3n) is 3.81. The van der Waals surface area contributed by atoms with Crippen LogP contribution in [-0.4, -0.2) is 62.5 Å². The minimum absolute atomic E-state index is 0.0415. The summed E-state index contributed by atoms with van der Waals surface area (Å²) < 4.78 is 24.4. The van der Waals surface area contributed by atoms with E-state index in [1.54, 1.807) is 9.80 Å². The highest BCUT2D eigenvalue weighted by Crippen LogP contribution is 2.25. The fourth-order valence-electron chi connectivity index (χ4n) is 2.65. The van der Waals surface area contributed by atoms with Crippen molar-refractivity contribution in [3.8, 4) is 0 Å². The molecule has 0 saturated carbocycles. The molecule has 23 heavy (non-hydrogen) atoms. The van der Waals surface area contributed by atoms with Crippen LogP contribution >= 0.6 is 0 Å². The van der Waals surface area contributed by atoms with Crippen LogP contribution in [0.25, 0.3) is 0 Å².